The summed E-state index contributed by atoms with van der Waals surface area (Å²) in [5, 5.41) is 9.46. The van der Waals surface area contributed by atoms with Crippen LogP contribution in [0.5, 0.6) is 0 Å². The summed E-state index contributed by atoms with van der Waals surface area (Å²) in [4.78, 5) is 35.9. The summed E-state index contributed by atoms with van der Waals surface area (Å²) < 4.78 is 15.2. The third kappa shape index (κ3) is 2.51. The molecule has 28 heavy (non-hydrogen) atoms. The maximum atomic E-state index is 15.2. The number of carboxylic acids is 1. The first-order valence-electron chi connectivity index (χ1n) is 10.1. The number of rotatable bonds is 2. The number of carbonyl (C=O) groups is 3. The molecule has 8 atom stereocenters. The zero-order valence-electron chi connectivity index (χ0n) is 16.4. The average Bonchev–Trinajstić information content (AvgIpc) is 2.87. The van der Waals surface area contributed by atoms with Gasteiger partial charge in [-0.2, -0.15) is 0 Å². The first-order chi connectivity index (χ1) is 13.0. The van der Waals surface area contributed by atoms with Crippen molar-refractivity contribution in [1.29, 1.82) is 0 Å². The van der Waals surface area contributed by atoms with Crippen LogP contribution < -0.4 is 0 Å². The fourth-order valence-corrected chi connectivity index (χ4v) is 7.60. The highest BCUT2D eigenvalue weighted by atomic mass is 35.5. The van der Waals surface area contributed by atoms with Crippen LogP contribution >= 0.6 is 11.6 Å². The van der Waals surface area contributed by atoms with E-state index in [0.29, 0.717) is 12.0 Å². The van der Waals surface area contributed by atoms with Crippen molar-refractivity contribution in [3.63, 3.8) is 0 Å². The Kier molecular flexibility index (Phi) is 4.42. The SMILES string of the molecule is CC1C[C@H]2[C@@H]3CC(F)C4=CC(=O)C(Cl)=C[C@]4(C)[C@H]3CC[C@]2(C)[C@H]1C(=O)C(=O)O. The summed E-state index contributed by atoms with van der Waals surface area (Å²) >= 11 is 6.15. The first kappa shape index (κ1) is 19.8. The summed E-state index contributed by atoms with van der Waals surface area (Å²) in [6.07, 6.45) is 4.45. The van der Waals surface area contributed by atoms with Gasteiger partial charge in [-0.05, 0) is 66.4 Å². The number of Topliss-reactive ketones (excluding diaryl/α,β-unsaturated/α-hetero) is 1. The molecule has 0 bridgehead atoms. The molecular formula is C22H26ClFO4. The second kappa shape index (κ2) is 6.25. The van der Waals surface area contributed by atoms with Gasteiger partial charge in [0.05, 0.1) is 5.03 Å². The third-order valence-electron chi connectivity index (χ3n) is 8.43. The summed E-state index contributed by atoms with van der Waals surface area (Å²) in [6, 6.07) is 0. The molecule has 1 N–H and O–H groups in total. The number of carbonyl (C=O) groups excluding carboxylic acids is 2. The van der Waals surface area contributed by atoms with E-state index in [1.165, 1.54) is 6.08 Å². The van der Waals surface area contributed by atoms with E-state index in [1.807, 2.05) is 20.8 Å². The Morgan fingerprint density at radius 3 is 2.57 bits per heavy atom. The highest BCUT2D eigenvalue weighted by Gasteiger charge is 2.63. The van der Waals surface area contributed by atoms with Gasteiger partial charge in [0.15, 0.2) is 5.78 Å². The molecule has 3 saturated carbocycles. The lowest BCUT2D eigenvalue weighted by Crippen LogP contribution is -2.53. The highest BCUT2D eigenvalue weighted by molar-refractivity contribution is 6.44. The van der Waals surface area contributed by atoms with Crippen molar-refractivity contribution in [2.75, 3.05) is 0 Å². The quantitative estimate of drug-likeness (QED) is 0.690. The van der Waals surface area contributed by atoms with Crippen LogP contribution in [0.15, 0.2) is 22.8 Å². The Bertz CT molecular complexity index is 832. The predicted molar refractivity (Wildman–Crippen MR) is 102 cm³/mol. The normalized spacial score (nSPS) is 47.4. The number of carboxylic acid groups (broad SMARTS) is 1. The number of allylic oxidation sites excluding steroid dienone is 4. The standard InChI is InChI=1S/C22H26ClFO4/c1-10-6-13-11-7-16(24)14-8-17(25)15(23)9-22(14,3)12(11)4-5-21(13,2)18(10)19(26)20(27)28/h8-13,16,18H,4-7H2,1-3H3,(H,27,28)/t10?,11-,12+,13+,16?,18-,21+,22-/m1/s1. The second-order valence-corrected chi connectivity index (χ2v) is 10.1. The smallest absolute Gasteiger partial charge is 0.372 e. The van der Waals surface area contributed by atoms with Gasteiger partial charge in [-0.25, -0.2) is 9.18 Å². The van der Waals surface area contributed by atoms with Gasteiger partial charge in [0.2, 0.25) is 5.78 Å². The van der Waals surface area contributed by atoms with Gasteiger partial charge >= 0.3 is 5.97 Å². The minimum Gasteiger partial charge on any atom is -0.475 e. The maximum absolute atomic E-state index is 15.2. The molecule has 4 rings (SSSR count). The molecule has 2 unspecified atom stereocenters. The molecule has 0 radical (unpaired) electrons. The van der Waals surface area contributed by atoms with Crippen LogP contribution in [0.4, 0.5) is 4.39 Å². The molecule has 3 fully saturated rings. The fraction of sp³-hybridized carbons (Fsp3) is 0.682. The highest BCUT2D eigenvalue weighted by Crippen LogP contribution is 2.67. The van der Waals surface area contributed by atoms with Crippen molar-refractivity contribution in [3.8, 4) is 0 Å². The van der Waals surface area contributed by atoms with Crippen LogP contribution in [0.2, 0.25) is 0 Å². The summed E-state index contributed by atoms with van der Waals surface area (Å²) in [5.74, 6) is -2.70. The van der Waals surface area contributed by atoms with Crippen molar-refractivity contribution in [2.45, 2.75) is 52.6 Å². The van der Waals surface area contributed by atoms with Gasteiger partial charge in [-0.1, -0.05) is 38.4 Å². The van der Waals surface area contributed by atoms with Crippen LogP contribution in [0, 0.1) is 40.4 Å². The van der Waals surface area contributed by atoms with Crippen LogP contribution in [0.1, 0.15) is 46.5 Å². The summed E-state index contributed by atoms with van der Waals surface area (Å²) in [6.45, 7) is 5.94. The van der Waals surface area contributed by atoms with Crippen molar-refractivity contribution in [1.82, 2.24) is 0 Å². The largest absolute Gasteiger partial charge is 0.475 e. The van der Waals surface area contributed by atoms with Gasteiger partial charge < -0.3 is 5.11 Å². The van der Waals surface area contributed by atoms with Crippen LogP contribution in [0.25, 0.3) is 0 Å². The van der Waals surface area contributed by atoms with Gasteiger partial charge in [0.25, 0.3) is 0 Å². The van der Waals surface area contributed by atoms with Crippen molar-refractivity contribution < 1.29 is 23.9 Å². The molecule has 6 heteroatoms. The molecule has 0 heterocycles. The fourth-order valence-electron chi connectivity index (χ4n) is 7.31. The monoisotopic (exact) mass is 408 g/mol. The zero-order valence-corrected chi connectivity index (χ0v) is 17.1. The van der Waals surface area contributed by atoms with Gasteiger partial charge in [-0.3, -0.25) is 9.59 Å². The number of halogens is 2. The lowest BCUT2D eigenvalue weighted by Gasteiger charge is -2.57. The Hall–Kier alpha value is -1.49. The number of hydrogen-bond donors (Lipinski definition) is 1. The first-order valence-corrected chi connectivity index (χ1v) is 10.4. The van der Waals surface area contributed by atoms with E-state index in [1.54, 1.807) is 6.08 Å². The average molecular weight is 409 g/mol. The van der Waals surface area contributed by atoms with Gasteiger partial charge in [-0.15, -0.1) is 0 Å². The van der Waals surface area contributed by atoms with Crippen molar-refractivity contribution >= 4 is 29.1 Å². The van der Waals surface area contributed by atoms with Gasteiger partial charge in [0.1, 0.15) is 6.17 Å². The minimum absolute atomic E-state index is 0.0350. The number of fused-ring (bicyclic) bond motifs is 5. The summed E-state index contributed by atoms with van der Waals surface area (Å²) in [7, 11) is 0. The van der Waals surface area contributed by atoms with E-state index in [0.717, 1.165) is 19.3 Å². The lowest BCUT2D eigenvalue weighted by atomic mass is 9.47. The molecule has 4 aliphatic rings. The van der Waals surface area contributed by atoms with Crippen molar-refractivity contribution in [3.05, 3.63) is 22.8 Å². The molecule has 0 aliphatic heterocycles. The molecule has 4 aliphatic carbocycles. The number of ketones is 2. The number of aliphatic carboxylic acids is 1. The topological polar surface area (TPSA) is 71.4 Å². The minimum atomic E-state index is -1.37. The maximum Gasteiger partial charge on any atom is 0.372 e. The molecule has 0 spiro atoms. The molecule has 0 saturated heterocycles. The third-order valence-corrected chi connectivity index (χ3v) is 8.73. The molecular weight excluding hydrogens is 383 g/mol. The molecule has 4 nitrogen and oxygen atoms in total. The lowest BCUT2D eigenvalue weighted by molar-refractivity contribution is -0.155. The second-order valence-electron chi connectivity index (χ2n) is 9.72. The summed E-state index contributed by atoms with van der Waals surface area (Å²) in [5.41, 5.74) is -0.506. The Morgan fingerprint density at radius 2 is 1.93 bits per heavy atom. The molecule has 0 aromatic heterocycles. The van der Waals surface area contributed by atoms with E-state index in [9.17, 15) is 19.5 Å². The van der Waals surface area contributed by atoms with E-state index in [2.05, 4.69) is 0 Å². The van der Waals surface area contributed by atoms with E-state index < -0.39 is 34.7 Å². The molecule has 0 amide bonds. The van der Waals surface area contributed by atoms with Crippen LogP contribution in [0.3, 0.4) is 0 Å². The predicted octanol–water partition coefficient (Wildman–Crippen LogP) is 4.32. The molecule has 0 aromatic carbocycles. The number of alkyl halides is 1. The van der Waals surface area contributed by atoms with E-state index in [-0.39, 0.29) is 34.5 Å². The van der Waals surface area contributed by atoms with Gasteiger partial charge in [0, 0.05) is 11.3 Å². The van der Waals surface area contributed by atoms with E-state index >= 15 is 4.39 Å². The van der Waals surface area contributed by atoms with Crippen molar-refractivity contribution in [2.24, 2.45) is 40.4 Å². The number of hydrogen-bond acceptors (Lipinski definition) is 3. The van der Waals surface area contributed by atoms with Crippen LogP contribution in [-0.2, 0) is 14.4 Å². The Balaban J connectivity index is 1.74. The molecule has 152 valence electrons. The molecule has 0 aromatic rings. The van der Waals surface area contributed by atoms with E-state index in [4.69, 9.17) is 11.6 Å². The van der Waals surface area contributed by atoms with Crippen LogP contribution in [-0.4, -0.2) is 28.8 Å². The Labute approximate surface area is 169 Å². The Morgan fingerprint density at radius 1 is 1.25 bits per heavy atom. The zero-order chi connectivity index (χ0) is 20.6.